The van der Waals surface area contributed by atoms with Gasteiger partial charge in [0.1, 0.15) is 11.5 Å². The van der Waals surface area contributed by atoms with E-state index in [1.165, 1.54) is 0 Å². The molecule has 152 valence electrons. The normalized spacial score (nSPS) is 11.2. The molecule has 0 saturated carbocycles. The Labute approximate surface area is 167 Å². The third-order valence-electron chi connectivity index (χ3n) is 4.13. The van der Waals surface area contributed by atoms with Gasteiger partial charge in [-0.05, 0) is 37.1 Å². The van der Waals surface area contributed by atoms with E-state index in [1.54, 1.807) is 14.2 Å². The van der Waals surface area contributed by atoms with Crippen LogP contribution in [0.15, 0.2) is 53.5 Å². The summed E-state index contributed by atoms with van der Waals surface area (Å²) in [6.45, 7) is 5.37. The quantitative estimate of drug-likeness (QED) is 0.353. The van der Waals surface area contributed by atoms with Crippen molar-refractivity contribution < 1.29 is 14.2 Å². The first-order valence-electron chi connectivity index (χ1n) is 9.62. The first kappa shape index (κ1) is 21.6. The summed E-state index contributed by atoms with van der Waals surface area (Å²) in [5.41, 5.74) is 2.24. The Morgan fingerprint density at radius 2 is 1.82 bits per heavy atom. The van der Waals surface area contributed by atoms with Gasteiger partial charge in [0.25, 0.3) is 0 Å². The number of nitrogens with zero attached hydrogens (tertiary/aromatic N) is 1. The van der Waals surface area contributed by atoms with Crippen LogP contribution in [-0.2, 0) is 17.9 Å². The number of guanidine groups is 1. The highest BCUT2D eigenvalue weighted by atomic mass is 16.5. The summed E-state index contributed by atoms with van der Waals surface area (Å²) in [4.78, 5) is 4.26. The smallest absolute Gasteiger partial charge is 0.191 e. The molecule has 28 heavy (non-hydrogen) atoms. The van der Waals surface area contributed by atoms with Crippen molar-refractivity contribution in [1.82, 2.24) is 10.6 Å². The molecule has 2 N–H and O–H groups in total. The summed E-state index contributed by atoms with van der Waals surface area (Å²) in [6.07, 6.45) is 0.895. The van der Waals surface area contributed by atoms with Crippen LogP contribution in [0, 0.1) is 0 Å². The lowest BCUT2D eigenvalue weighted by Crippen LogP contribution is -2.37. The Morgan fingerprint density at radius 1 is 1.04 bits per heavy atom. The summed E-state index contributed by atoms with van der Waals surface area (Å²) >= 11 is 0. The van der Waals surface area contributed by atoms with Crippen molar-refractivity contribution >= 4 is 5.96 Å². The van der Waals surface area contributed by atoms with Crippen LogP contribution in [0.4, 0.5) is 0 Å². The lowest BCUT2D eigenvalue weighted by atomic mass is 10.2. The molecular formula is C22H31N3O3. The number of hydrogen-bond acceptors (Lipinski definition) is 4. The second-order valence-electron chi connectivity index (χ2n) is 6.15. The first-order valence-corrected chi connectivity index (χ1v) is 9.62. The first-order chi connectivity index (χ1) is 13.8. The van der Waals surface area contributed by atoms with Gasteiger partial charge >= 0.3 is 0 Å². The fraction of sp³-hybridized carbons (Fsp3) is 0.409. The van der Waals surface area contributed by atoms with Gasteiger partial charge in [-0.3, -0.25) is 4.99 Å². The number of hydrogen-bond donors (Lipinski definition) is 2. The predicted octanol–water partition coefficient (Wildman–Crippen LogP) is 3.37. The maximum absolute atomic E-state index is 5.72. The molecule has 2 aromatic rings. The molecule has 6 heteroatoms. The average molecular weight is 386 g/mol. The molecule has 0 aliphatic rings. The second-order valence-corrected chi connectivity index (χ2v) is 6.15. The summed E-state index contributed by atoms with van der Waals surface area (Å²) in [6, 6.07) is 15.9. The van der Waals surface area contributed by atoms with Gasteiger partial charge in [-0.2, -0.15) is 0 Å². The summed E-state index contributed by atoms with van der Waals surface area (Å²) in [7, 11) is 3.43. The van der Waals surface area contributed by atoms with Crippen molar-refractivity contribution in [3.05, 3.63) is 59.7 Å². The van der Waals surface area contributed by atoms with Crippen LogP contribution in [-0.4, -0.2) is 39.9 Å². The van der Waals surface area contributed by atoms with Gasteiger partial charge in [-0.15, -0.1) is 0 Å². The van der Waals surface area contributed by atoms with Crippen molar-refractivity contribution in [3.8, 4) is 11.5 Å². The van der Waals surface area contributed by atoms with Gasteiger partial charge < -0.3 is 24.8 Å². The standard InChI is InChI=1S/C22H31N3O3/c1-4-28-21-9-6-5-8-19(21)16-25-22(23-2)24-14-7-15-27-17-18-10-12-20(26-3)13-11-18/h5-6,8-13H,4,7,14-17H2,1-3H3,(H2,23,24,25). The molecule has 0 aromatic heterocycles. The SMILES string of the molecule is CCOc1ccccc1CNC(=NC)NCCCOCc1ccc(OC)cc1. The third-order valence-corrected chi connectivity index (χ3v) is 4.13. The maximum Gasteiger partial charge on any atom is 0.191 e. The zero-order chi connectivity index (χ0) is 20.0. The zero-order valence-electron chi connectivity index (χ0n) is 17.0. The van der Waals surface area contributed by atoms with E-state index < -0.39 is 0 Å². The number of para-hydroxylation sites is 1. The van der Waals surface area contributed by atoms with Gasteiger partial charge in [0.05, 0.1) is 20.3 Å². The zero-order valence-corrected chi connectivity index (χ0v) is 17.0. The van der Waals surface area contributed by atoms with Gasteiger partial charge in [0.2, 0.25) is 0 Å². The lowest BCUT2D eigenvalue weighted by molar-refractivity contribution is 0.119. The van der Waals surface area contributed by atoms with E-state index in [2.05, 4.69) is 21.7 Å². The van der Waals surface area contributed by atoms with Crippen LogP contribution in [0.25, 0.3) is 0 Å². The number of nitrogens with one attached hydrogen (secondary N) is 2. The molecule has 0 heterocycles. The van der Waals surface area contributed by atoms with Gasteiger partial charge in [-0.1, -0.05) is 30.3 Å². The molecule has 0 aliphatic heterocycles. The minimum atomic E-state index is 0.602. The topological polar surface area (TPSA) is 64.1 Å². The predicted molar refractivity (Wildman–Crippen MR) is 113 cm³/mol. The molecular weight excluding hydrogens is 354 g/mol. The summed E-state index contributed by atoms with van der Waals surface area (Å²) in [5.74, 6) is 2.53. The average Bonchev–Trinajstić information content (AvgIpc) is 2.74. The molecule has 0 atom stereocenters. The van der Waals surface area contributed by atoms with E-state index >= 15 is 0 Å². The lowest BCUT2D eigenvalue weighted by Gasteiger charge is -2.14. The van der Waals surface area contributed by atoms with E-state index in [0.717, 1.165) is 41.6 Å². The minimum absolute atomic E-state index is 0.602. The summed E-state index contributed by atoms with van der Waals surface area (Å²) in [5, 5.41) is 6.62. The van der Waals surface area contributed by atoms with Gasteiger partial charge in [0, 0.05) is 32.3 Å². The molecule has 0 amide bonds. The molecule has 0 spiro atoms. The Hall–Kier alpha value is -2.73. The van der Waals surface area contributed by atoms with E-state index in [9.17, 15) is 0 Å². The van der Waals surface area contributed by atoms with Crippen molar-refractivity contribution in [2.75, 3.05) is 33.9 Å². The van der Waals surface area contributed by atoms with E-state index in [-0.39, 0.29) is 0 Å². The fourth-order valence-corrected chi connectivity index (χ4v) is 2.64. The van der Waals surface area contributed by atoms with Crippen LogP contribution >= 0.6 is 0 Å². The van der Waals surface area contributed by atoms with Crippen LogP contribution in [0.5, 0.6) is 11.5 Å². The highest BCUT2D eigenvalue weighted by Gasteiger charge is 2.04. The molecule has 2 aromatic carbocycles. The highest BCUT2D eigenvalue weighted by Crippen LogP contribution is 2.17. The molecule has 0 unspecified atom stereocenters. The Bertz CT molecular complexity index is 717. The Balaban J connectivity index is 1.63. The number of benzene rings is 2. The molecule has 0 bridgehead atoms. The van der Waals surface area contributed by atoms with E-state index in [1.807, 2.05) is 49.4 Å². The third kappa shape index (κ3) is 7.48. The molecule has 6 nitrogen and oxygen atoms in total. The van der Waals surface area contributed by atoms with Gasteiger partial charge in [-0.25, -0.2) is 0 Å². The largest absolute Gasteiger partial charge is 0.497 e. The fourth-order valence-electron chi connectivity index (χ4n) is 2.64. The number of rotatable bonds is 11. The molecule has 2 rings (SSSR count). The van der Waals surface area contributed by atoms with Crippen molar-refractivity contribution in [2.24, 2.45) is 4.99 Å². The van der Waals surface area contributed by atoms with Crippen molar-refractivity contribution in [2.45, 2.75) is 26.5 Å². The maximum atomic E-state index is 5.72. The van der Waals surface area contributed by atoms with Crippen LogP contribution < -0.4 is 20.1 Å². The monoisotopic (exact) mass is 385 g/mol. The van der Waals surface area contributed by atoms with Gasteiger partial charge in [0.15, 0.2) is 5.96 Å². The molecule has 0 saturated heterocycles. The van der Waals surface area contributed by atoms with Crippen LogP contribution in [0.3, 0.4) is 0 Å². The van der Waals surface area contributed by atoms with Crippen molar-refractivity contribution in [1.29, 1.82) is 0 Å². The highest BCUT2D eigenvalue weighted by molar-refractivity contribution is 5.79. The van der Waals surface area contributed by atoms with Crippen LogP contribution in [0.2, 0.25) is 0 Å². The number of methoxy groups -OCH3 is 1. The number of ether oxygens (including phenoxy) is 3. The minimum Gasteiger partial charge on any atom is -0.497 e. The number of aliphatic imine (C=N–C) groups is 1. The second kappa shape index (κ2) is 12.6. The Kier molecular flexibility index (Phi) is 9.72. The Morgan fingerprint density at radius 3 is 2.54 bits per heavy atom. The molecule has 0 radical (unpaired) electrons. The van der Waals surface area contributed by atoms with E-state index in [4.69, 9.17) is 14.2 Å². The molecule has 0 aliphatic carbocycles. The van der Waals surface area contributed by atoms with E-state index in [0.29, 0.717) is 26.4 Å². The summed E-state index contributed by atoms with van der Waals surface area (Å²) < 4.78 is 16.5. The van der Waals surface area contributed by atoms with Crippen molar-refractivity contribution in [3.63, 3.8) is 0 Å². The van der Waals surface area contributed by atoms with Crippen LogP contribution in [0.1, 0.15) is 24.5 Å². The molecule has 0 fully saturated rings.